The van der Waals surface area contributed by atoms with E-state index >= 15 is 0 Å². The topological polar surface area (TPSA) is 502 Å². The fourth-order valence-electron chi connectivity index (χ4n) is 6.80. The van der Waals surface area contributed by atoms with Gasteiger partial charge in [-0.1, -0.05) is 0 Å². The molecule has 4 fully saturated rings. The summed E-state index contributed by atoms with van der Waals surface area (Å²) in [4.78, 5) is 92.4. The van der Waals surface area contributed by atoms with Gasteiger partial charge < -0.3 is 127 Å². The van der Waals surface area contributed by atoms with Crippen LogP contribution in [-0.2, 0) is 62.0 Å². The number of aliphatic hydroxyl groups excluding tert-OH is 12. The summed E-state index contributed by atoms with van der Waals surface area (Å²) in [6.07, 6.45) is -26.5. The molecule has 0 aromatic rings. The van der Waals surface area contributed by atoms with Crippen LogP contribution in [0.4, 0.5) is 0 Å². The largest absolute Gasteiger partial charge is 0.394 e. The predicted molar refractivity (Wildman–Crippen MR) is 212 cm³/mol. The van der Waals surface area contributed by atoms with E-state index in [2.05, 4.69) is 37.2 Å². The SMILES string of the molecule is O=C1CCNC(=O)[C@@H](NC(=O)CO[C@@H]2O[C@H](CO)[C@H](O)[C@H](O)[C@H]2O)CNC(=O)[C@@H](NC(=O)CO[C@@H]2O[C@H](CO)[C@@H](O)[C@H](O)[C@H]2O)CNC(=O)C(NC(=O)CO[C@H]2O[C@H](CO)[C@@H](O)[C@H](O)[C@@H]2O)CN1. The summed E-state index contributed by atoms with van der Waals surface area (Å²) >= 11 is 0. The molecule has 1 unspecified atom stereocenters. The van der Waals surface area contributed by atoms with Gasteiger partial charge in [0.05, 0.1) is 19.8 Å². The third-order valence-corrected chi connectivity index (χ3v) is 10.8. The van der Waals surface area contributed by atoms with Gasteiger partial charge in [-0.2, -0.15) is 0 Å². The average molecular weight is 990 g/mol. The van der Waals surface area contributed by atoms with Crippen LogP contribution in [0, 0.1) is 0 Å². The third kappa shape index (κ3) is 15.3. The van der Waals surface area contributed by atoms with Gasteiger partial charge >= 0.3 is 0 Å². The normalized spacial score (nSPS) is 37.9. The number of ether oxygens (including phenoxy) is 6. The highest BCUT2D eigenvalue weighted by atomic mass is 16.7. The Morgan fingerprint density at radius 3 is 1.06 bits per heavy atom. The van der Waals surface area contributed by atoms with Gasteiger partial charge in [0, 0.05) is 32.6 Å². The number of amides is 7. The molecule has 0 aromatic carbocycles. The highest BCUT2D eigenvalue weighted by molar-refractivity contribution is 5.93. The number of hydrogen-bond acceptors (Lipinski definition) is 25. The lowest BCUT2D eigenvalue weighted by molar-refractivity contribution is -0.299. The molecule has 0 aromatic heterocycles. The molecule has 19 N–H and O–H groups in total. The maximum absolute atomic E-state index is 13.7. The summed E-state index contributed by atoms with van der Waals surface area (Å²) < 4.78 is 31.2. The molecule has 32 heteroatoms. The molecular weight excluding hydrogens is 930 g/mol. The van der Waals surface area contributed by atoms with Crippen LogP contribution in [0.5, 0.6) is 0 Å². The summed E-state index contributed by atoms with van der Waals surface area (Å²) in [7, 11) is 0. The Bertz CT molecular complexity index is 1660. The summed E-state index contributed by atoms with van der Waals surface area (Å²) in [5.74, 6) is -7.37. The fraction of sp³-hybridized carbons (Fsp3) is 0.806. The quantitative estimate of drug-likeness (QED) is 0.0724. The number of carbonyl (C=O) groups excluding carboxylic acids is 7. The zero-order valence-electron chi connectivity index (χ0n) is 35.8. The van der Waals surface area contributed by atoms with Gasteiger partial charge in [-0.15, -0.1) is 0 Å². The van der Waals surface area contributed by atoms with Crippen molar-refractivity contribution in [3.05, 3.63) is 0 Å². The van der Waals surface area contributed by atoms with Crippen molar-refractivity contribution >= 4 is 41.4 Å². The van der Waals surface area contributed by atoms with Crippen molar-refractivity contribution in [2.45, 2.75) is 117 Å². The Balaban J connectivity index is 1.48. The molecule has 0 aliphatic carbocycles. The van der Waals surface area contributed by atoms with Crippen LogP contribution in [0.15, 0.2) is 0 Å². The van der Waals surface area contributed by atoms with E-state index in [4.69, 9.17) is 28.4 Å². The molecular formula is C36H59N7O25. The van der Waals surface area contributed by atoms with Crippen LogP contribution in [0.1, 0.15) is 6.42 Å². The number of carbonyl (C=O) groups is 7. The fourth-order valence-corrected chi connectivity index (χ4v) is 6.80. The van der Waals surface area contributed by atoms with E-state index in [1.54, 1.807) is 0 Å². The minimum absolute atomic E-state index is 0.421. The second-order valence-electron chi connectivity index (χ2n) is 15.7. The first kappa shape index (κ1) is 56.2. The van der Waals surface area contributed by atoms with Gasteiger partial charge in [0.15, 0.2) is 18.9 Å². The summed E-state index contributed by atoms with van der Waals surface area (Å²) in [6.45, 7) is -8.10. The second-order valence-corrected chi connectivity index (χ2v) is 15.7. The summed E-state index contributed by atoms with van der Waals surface area (Å²) in [6, 6.07) is -5.16. The first-order chi connectivity index (χ1) is 32.2. The summed E-state index contributed by atoms with van der Waals surface area (Å²) in [5.41, 5.74) is 0. The van der Waals surface area contributed by atoms with Crippen LogP contribution in [0.25, 0.3) is 0 Å². The molecule has 4 aliphatic rings. The van der Waals surface area contributed by atoms with Gasteiger partial charge in [-0.05, 0) is 0 Å². The maximum Gasteiger partial charge on any atom is 0.246 e. The van der Waals surface area contributed by atoms with E-state index < -0.39 is 224 Å². The number of aliphatic hydroxyl groups is 12. The predicted octanol–water partition coefficient (Wildman–Crippen LogP) is -14.2. The zero-order chi connectivity index (χ0) is 50.4. The molecule has 7 amide bonds. The molecule has 4 rings (SSSR count). The van der Waals surface area contributed by atoms with Gasteiger partial charge in [0.25, 0.3) is 0 Å². The van der Waals surface area contributed by atoms with Gasteiger partial charge in [-0.25, -0.2) is 0 Å². The van der Waals surface area contributed by atoms with Crippen LogP contribution < -0.4 is 37.2 Å². The van der Waals surface area contributed by atoms with Gasteiger partial charge in [-0.3, -0.25) is 33.6 Å². The second kappa shape index (κ2) is 26.5. The first-order valence-corrected chi connectivity index (χ1v) is 20.9. The molecule has 0 radical (unpaired) electrons. The number of rotatable bonds is 15. The van der Waals surface area contributed by atoms with Gasteiger partial charge in [0.1, 0.15) is 111 Å². The van der Waals surface area contributed by atoms with Crippen molar-refractivity contribution in [3.8, 4) is 0 Å². The molecule has 4 aliphatic heterocycles. The molecule has 68 heavy (non-hydrogen) atoms. The molecule has 0 spiro atoms. The molecule has 0 saturated carbocycles. The lowest BCUT2D eigenvalue weighted by atomic mass is 9.99. The molecule has 4 saturated heterocycles. The Morgan fingerprint density at radius 2 is 0.750 bits per heavy atom. The number of hydrogen-bond donors (Lipinski definition) is 19. The van der Waals surface area contributed by atoms with E-state index in [9.17, 15) is 94.8 Å². The van der Waals surface area contributed by atoms with E-state index in [-0.39, 0.29) is 0 Å². The Labute approximate surface area is 384 Å². The standard InChI is InChI=1S/C36H59N7O25/c44-6-15-22(51)25(54)28(57)34(66-15)63-9-19(48)41-12-3-38-18(47)1-2-37-31(60)13(42-20(49)10-64-35-29(58)26(55)23(52)16(7-45)67-35)4-39-33(62)14(5-40-32(12)61)43-21(50)11-65-36-30(59)27(56)24(53)17(8-46)68-36/h12-17,22-30,34-36,44-46,51-59H,1-11H2,(H,37,60)(H,38,47)(H,39,62)(H,40,61)(H,41,48)(H,42,49)(H,43,50)/t12?,13-,14-,15+,16+,17+,22+,23-,24+,25-,26-,27-,28-,29+,30+,34-,35+,36+/m0/s1. The molecule has 0 bridgehead atoms. The summed E-state index contributed by atoms with van der Waals surface area (Å²) in [5, 5.41) is 135. The van der Waals surface area contributed by atoms with Crippen LogP contribution >= 0.6 is 0 Å². The minimum Gasteiger partial charge on any atom is -0.394 e. The zero-order valence-corrected chi connectivity index (χ0v) is 35.8. The maximum atomic E-state index is 13.7. The van der Waals surface area contributed by atoms with E-state index in [0.29, 0.717) is 0 Å². The smallest absolute Gasteiger partial charge is 0.246 e. The Kier molecular flexibility index (Phi) is 21.9. The van der Waals surface area contributed by atoms with Crippen LogP contribution in [0.3, 0.4) is 0 Å². The first-order valence-electron chi connectivity index (χ1n) is 20.9. The van der Waals surface area contributed by atoms with Crippen LogP contribution in [0.2, 0.25) is 0 Å². The lowest BCUT2D eigenvalue weighted by Gasteiger charge is -2.39. The molecule has 388 valence electrons. The molecule has 18 atom stereocenters. The minimum atomic E-state index is -1.93. The lowest BCUT2D eigenvalue weighted by Crippen LogP contribution is -2.61. The van der Waals surface area contributed by atoms with Crippen molar-refractivity contribution in [2.24, 2.45) is 0 Å². The highest BCUT2D eigenvalue weighted by Crippen LogP contribution is 2.24. The monoisotopic (exact) mass is 989 g/mol. The van der Waals surface area contributed by atoms with Crippen molar-refractivity contribution < 1.29 is 123 Å². The van der Waals surface area contributed by atoms with Crippen molar-refractivity contribution in [3.63, 3.8) is 0 Å². The van der Waals surface area contributed by atoms with E-state index in [0.717, 1.165) is 0 Å². The Morgan fingerprint density at radius 1 is 0.456 bits per heavy atom. The van der Waals surface area contributed by atoms with E-state index in [1.807, 2.05) is 0 Å². The van der Waals surface area contributed by atoms with Crippen molar-refractivity contribution in [1.82, 2.24) is 37.2 Å². The van der Waals surface area contributed by atoms with Crippen LogP contribution in [-0.4, -0.2) is 279 Å². The molecule has 32 nitrogen and oxygen atoms in total. The van der Waals surface area contributed by atoms with Crippen molar-refractivity contribution in [2.75, 3.05) is 65.8 Å². The van der Waals surface area contributed by atoms with E-state index in [1.165, 1.54) is 0 Å². The van der Waals surface area contributed by atoms with Crippen molar-refractivity contribution in [1.29, 1.82) is 0 Å². The highest BCUT2D eigenvalue weighted by Gasteiger charge is 2.47. The third-order valence-electron chi connectivity index (χ3n) is 10.8. The average Bonchev–Trinajstić information content (AvgIpc) is 3.31. The number of nitrogens with one attached hydrogen (secondary N) is 7. The molecule has 4 heterocycles. The Hall–Kier alpha value is -4.43. The van der Waals surface area contributed by atoms with Gasteiger partial charge in [0.2, 0.25) is 41.4 Å².